The highest BCUT2D eigenvalue weighted by molar-refractivity contribution is 5.77. The van der Waals surface area contributed by atoms with Gasteiger partial charge in [-0.2, -0.15) is 0 Å². The second-order valence-corrected chi connectivity index (χ2v) is 7.15. The number of amides is 1. The fourth-order valence-corrected chi connectivity index (χ4v) is 3.40. The number of carbonyl (C=O) groups is 1. The zero-order chi connectivity index (χ0) is 17.4. The number of piperidine rings is 1. The second-order valence-electron chi connectivity index (χ2n) is 7.15. The highest BCUT2D eigenvalue weighted by Crippen LogP contribution is 2.28. The van der Waals surface area contributed by atoms with Crippen molar-refractivity contribution >= 4 is 5.91 Å². The first-order chi connectivity index (χ1) is 11.6. The maximum atomic E-state index is 12.5. The third-order valence-electron chi connectivity index (χ3n) is 4.87. The van der Waals surface area contributed by atoms with E-state index in [-0.39, 0.29) is 12.5 Å². The average molecular weight is 329 g/mol. The van der Waals surface area contributed by atoms with Crippen molar-refractivity contribution in [2.45, 2.75) is 46.1 Å². The molecule has 1 aliphatic rings. The van der Waals surface area contributed by atoms with E-state index < -0.39 is 0 Å². The monoisotopic (exact) mass is 329 g/mol. The molecule has 0 bridgehead atoms. The molecular formula is C21H31NO2. The van der Waals surface area contributed by atoms with Gasteiger partial charge < -0.3 is 9.64 Å². The normalized spacial score (nSPS) is 20.8. The van der Waals surface area contributed by atoms with E-state index in [1.54, 1.807) is 0 Å². The molecule has 2 atom stereocenters. The largest absolute Gasteiger partial charge is 0.367 e. The summed E-state index contributed by atoms with van der Waals surface area (Å²) in [5.41, 5.74) is 2.34. The summed E-state index contributed by atoms with van der Waals surface area (Å²) in [6, 6.07) is 10.0. The van der Waals surface area contributed by atoms with Crippen molar-refractivity contribution in [2.75, 3.05) is 19.7 Å². The third-order valence-corrected chi connectivity index (χ3v) is 4.87. The zero-order valence-corrected chi connectivity index (χ0v) is 15.2. The molecule has 1 fully saturated rings. The van der Waals surface area contributed by atoms with Crippen LogP contribution in [-0.2, 0) is 16.1 Å². The molecular weight excluding hydrogens is 298 g/mol. The fraction of sp³-hybridized carbons (Fsp3) is 0.571. The number of carbonyl (C=O) groups excluding carboxylic acids is 1. The third kappa shape index (κ3) is 6.12. The topological polar surface area (TPSA) is 29.5 Å². The summed E-state index contributed by atoms with van der Waals surface area (Å²) in [6.07, 6.45) is 4.57. The molecule has 1 aromatic rings. The van der Waals surface area contributed by atoms with E-state index in [9.17, 15) is 4.79 Å². The van der Waals surface area contributed by atoms with Crippen molar-refractivity contribution < 1.29 is 9.53 Å². The van der Waals surface area contributed by atoms with Gasteiger partial charge in [0, 0.05) is 13.1 Å². The van der Waals surface area contributed by atoms with Crippen LogP contribution in [0.2, 0.25) is 0 Å². The Bertz CT molecular complexity index is 526. The summed E-state index contributed by atoms with van der Waals surface area (Å²) < 4.78 is 5.63. The molecule has 0 aromatic heterocycles. The molecule has 2 unspecified atom stereocenters. The Morgan fingerprint density at radius 1 is 1.25 bits per heavy atom. The standard InChI is InChI=1S/C21H31NO2/c1-4-18-12-20(11-10-17(2)3)14-22(13-18)21(23)16-24-15-19-8-6-5-7-9-19/h5-9,18,20H,2,4,10-16H2,1,3H3. The highest BCUT2D eigenvalue weighted by Gasteiger charge is 2.28. The summed E-state index contributed by atoms with van der Waals surface area (Å²) in [5.74, 6) is 1.34. The van der Waals surface area contributed by atoms with E-state index in [0.29, 0.717) is 18.4 Å². The van der Waals surface area contributed by atoms with Gasteiger partial charge in [0.1, 0.15) is 6.61 Å². The lowest BCUT2D eigenvalue weighted by atomic mass is 9.84. The van der Waals surface area contributed by atoms with Crippen LogP contribution >= 0.6 is 0 Å². The van der Waals surface area contributed by atoms with Crippen molar-refractivity contribution in [3.05, 3.63) is 48.0 Å². The molecule has 0 spiro atoms. The Hall–Kier alpha value is -1.61. The van der Waals surface area contributed by atoms with Gasteiger partial charge in [-0.25, -0.2) is 0 Å². The Morgan fingerprint density at radius 3 is 2.62 bits per heavy atom. The Morgan fingerprint density at radius 2 is 1.96 bits per heavy atom. The lowest BCUT2D eigenvalue weighted by molar-refractivity contribution is -0.139. The summed E-state index contributed by atoms with van der Waals surface area (Å²) in [7, 11) is 0. The lowest BCUT2D eigenvalue weighted by Crippen LogP contribution is -2.45. The van der Waals surface area contributed by atoms with Crippen LogP contribution in [0.25, 0.3) is 0 Å². The second kappa shape index (κ2) is 9.63. The van der Waals surface area contributed by atoms with Crippen LogP contribution in [0, 0.1) is 11.8 Å². The van der Waals surface area contributed by atoms with Gasteiger partial charge in [-0.05, 0) is 43.6 Å². The molecule has 0 saturated carbocycles. The van der Waals surface area contributed by atoms with E-state index in [1.807, 2.05) is 35.2 Å². The number of benzene rings is 1. The maximum Gasteiger partial charge on any atom is 0.248 e. The fourth-order valence-electron chi connectivity index (χ4n) is 3.40. The molecule has 132 valence electrons. The van der Waals surface area contributed by atoms with Crippen molar-refractivity contribution in [1.29, 1.82) is 0 Å². The summed E-state index contributed by atoms with van der Waals surface area (Å²) >= 11 is 0. The minimum absolute atomic E-state index is 0.129. The van der Waals surface area contributed by atoms with E-state index in [2.05, 4.69) is 20.4 Å². The van der Waals surface area contributed by atoms with Crippen molar-refractivity contribution in [2.24, 2.45) is 11.8 Å². The van der Waals surface area contributed by atoms with E-state index in [4.69, 9.17) is 4.74 Å². The predicted octanol–water partition coefficient (Wildman–Crippen LogP) is 4.43. The molecule has 3 heteroatoms. The predicted molar refractivity (Wildman–Crippen MR) is 98.6 cm³/mol. The van der Waals surface area contributed by atoms with Gasteiger partial charge in [0.25, 0.3) is 0 Å². The van der Waals surface area contributed by atoms with Crippen LogP contribution in [0.4, 0.5) is 0 Å². The van der Waals surface area contributed by atoms with Crippen LogP contribution in [-0.4, -0.2) is 30.5 Å². The number of hydrogen-bond donors (Lipinski definition) is 0. The minimum atomic E-state index is 0.129. The molecule has 1 aromatic carbocycles. The van der Waals surface area contributed by atoms with E-state index in [0.717, 1.165) is 37.9 Å². The molecule has 1 heterocycles. The molecule has 3 nitrogen and oxygen atoms in total. The van der Waals surface area contributed by atoms with Gasteiger partial charge in [0.2, 0.25) is 5.91 Å². The Balaban J connectivity index is 1.81. The number of hydrogen-bond acceptors (Lipinski definition) is 2. The van der Waals surface area contributed by atoms with Crippen molar-refractivity contribution in [1.82, 2.24) is 4.90 Å². The van der Waals surface area contributed by atoms with E-state index in [1.165, 1.54) is 12.0 Å². The van der Waals surface area contributed by atoms with Crippen molar-refractivity contribution in [3.63, 3.8) is 0 Å². The molecule has 0 radical (unpaired) electrons. The first kappa shape index (κ1) is 18.7. The van der Waals surface area contributed by atoms with Gasteiger partial charge >= 0.3 is 0 Å². The van der Waals surface area contributed by atoms with Gasteiger partial charge in [-0.15, -0.1) is 6.58 Å². The summed E-state index contributed by atoms with van der Waals surface area (Å²) in [6.45, 7) is 10.7. The number of rotatable bonds is 8. The first-order valence-electron chi connectivity index (χ1n) is 9.12. The van der Waals surface area contributed by atoms with Crippen LogP contribution in [0.15, 0.2) is 42.5 Å². The lowest BCUT2D eigenvalue weighted by Gasteiger charge is -2.37. The van der Waals surface area contributed by atoms with Crippen LogP contribution in [0.3, 0.4) is 0 Å². The maximum absolute atomic E-state index is 12.5. The smallest absolute Gasteiger partial charge is 0.248 e. The first-order valence-corrected chi connectivity index (χ1v) is 9.12. The summed E-state index contributed by atoms with van der Waals surface area (Å²) in [4.78, 5) is 14.5. The zero-order valence-electron chi connectivity index (χ0n) is 15.2. The minimum Gasteiger partial charge on any atom is -0.367 e. The number of nitrogens with zero attached hydrogens (tertiary/aromatic N) is 1. The van der Waals surface area contributed by atoms with Gasteiger partial charge in [0.05, 0.1) is 6.61 Å². The van der Waals surface area contributed by atoms with Gasteiger partial charge in [-0.3, -0.25) is 4.79 Å². The van der Waals surface area contributed by atoms with Gasteiger partial charge in [0.15, 0.2) is 0 Å². The van der Waals surface area contributed by atoms with Crippen LogP contribution in [0.1, 0.15) is 45.1 Å². The van der Waals surface area contributed by atoms with Gasteiger partial charge in [-0.1, -0.05) is 49.2 Å². The molecule has 1 saturated heterocycles. The SMILES string of the molecule is C=C(C)CCC1CC(CC)CN(C(=O)COCc2ccccc2)C1. The quantitative estimate of drug-likeness (QED) is 0.660. The number of allylic oxidation sites excluding steroid dienone is 1. The van der Waals surface area contributed by atoms with E-state index >= 15 is 0 Å². The highest BCUT2D eigenvalue weighted by atomic mass is 16.5. The van der Waals surface area contributed by atoms with Crippen molar-refractivity contribution in [3.8, 4) is 0 Å². The Labute approximate surface area is 146 Å². The molecule has 0 aliphatic carbocycles. The Kier molecular flexibility index (Phi) is 7.51. The number of ether oxygens (including phenoxy) is 1. The number of likely N-dealkylation sites (tertiary alicyclic amines) is 1. The summed E-state index contributed by atoms with van der Waals surface area (Å²) in [5, 5.41) is 0. The molecule has 24 heavy (non-hydrogen) atoms. The average Bonchev–Trinajstić information content (AvgIpc) is 2.60. The molecule has 2 rings (SSSR count). The van der Waals surface area contributed by atoms with Crippen LogP contribution < -0.4 is 0 Å². The molecule has 0 N–H and O–H groups in total. The van der Waals surface area contributed by atoms with Crippen LogP contribution in [0.5, 0.6) is 0 Å². The molecule has 1 aliphatic heterocycles. The molecule has 1 amide bonds.